The zero-order valence-corrected chi connectivity index (χ0v) is 12.0. The fourth-order valence-corrected chi connectivity index (χ4v) is 1.63. The van der Waals surface area contributed by atoms with Crippen LogP contribution in [-0.2, 0) is 0 Å². The summed E-state index contributed by atoms with van der Waals surface area (Å²) in [6, 6.07) is 3.64. The van der Waals surface area contributed by atoms with Gasteiger partial charge in [-0.2, -0.15) is 0 Å². The molecule has 110 valence electrons. The molecule has 1 rings (SSSR count). The van der Waals surface area contributed by atoms with Crippen LogP contribution in [0.1, 0.15) is 31.1 Å². The summed E-state index contributed by atoms with van der Waals surface area (Å²) in [6.07, 6.45) is 0. The van der Waals surface area contributed by atoms with Gasteiger partial charge in [0.1, 0.15) is 11.3 Å². The van der Waals surface area contributed by atoms with Crippen molar-refractivity contribution >= 4 is 17.7 Å². The molecule has 0 aromatic heterocycles. The molecule has 0 heterocycles. The van der Waals surface area contributed by atoms with Gasteiger partial charge in [0, 0.05) is 18.8 Å². The van der Waals surface area contributed by atoms with Gasteiger partial charge in [0.05, 0.1) is 0 Å². The Morgan fingerprint density at radius 3 is 2.35 bits per heavy atom. The Morgan fingerprint density at radius 2 is 1.85 bits per heavy atom. The topological polar surface area (TPSA) is 89.9 Å². The normalized spacial score (nSPS) is 12.1. The highest BCUT2D eigenvalue weighted by Gasteiger charge is 2.19. The first-order valence-electron chi connectivity index (χ1n) is 6.34. The van der Waals surface area contributed by atoms with E-state index in [2.05, 4.69) is 5.32 Å². The van der Waals surface area contributed by atoms with E-state index in [1.165, 1.54) is 18.2 Å². The Hall–Kier alpha value is -2.24. The maximum atomic E-state index is 12.0. The minimum Gasteiger partial charge on any atom is -0.507 e. The van der Waals surface area contributed by atoms with Gasteiger partial charge in [-0.05, 0) is 31.0 Å². The summed E-state index contributed by atoms with van der Waals surface area (Å²) in [5, 5.41) is 20.9. The van der Waals surface area contributed by atoms with E-state index in [-0.39, 0.29) is 23.4 Å². The van der Waals surface area contributed by atoms with Crippen LogP contribution >= 0.6 is 0 Å². The molecule has 1 aromatic rings. The molecule has 0 aliphatic carbocycles. The van der Waals surface area contributed by atoms with Crippen LogP contribution in [0.2, 0.25) is 0 Å². The van der Waals surface area contributed by atoms with Crippen LogP contribution in [0.5, 0.6) is 5.75 Å². The molecule has 3 N–H and O–H groups in total. The molecule has 0 aliphatic rings. The van der Waals surface area contributed by atoms with E-state index in [1.54, 1.807) is 11.9 Å². The maximum absolute atomic E-state index is 12.0. The third-order valence-electron chi connectivity index (χ3n) is 3.37. The van der Waals surface area contributed by atoms with Gasteiger partial charge in [-0.1, -0.05) is 13.8 Å². The second kappa shape index (κ2) is 6.27. The first-order valence-corrected chi connectivity index (χ1v) is 6.34. The van der Waals surface area contributed by atoms with Crippen molar-refractivity contribution in [2.24, 2.45) is 5.92 Å². The molecule has 0 bridgehead atoms. The number of aromatic hydroxyl groups is 1. The Balaban J connectivity index is 2.86. The quantitative estimate of drug-likeness (QED) is 0.739. The minimum atomic E-state index is -1.25. The standard InChI is InChI=1S/C14H20N2O4/c1-8(2)9(3)16(4)14(20)15-10-5-6-12(17)11(7-10)13(18)19/h5-9,17H,1-4H3,(H,15,20)(H,18,19). The molecule has 0 saturated heterocycles. The van der Waals surface area contributed by atoms with Crippen molar-refractivity contribution in [2.45, 2.75) is 26.8 Å². The highest BCUT2D eigenvalue weighted by atomic mass is 16.4. The van der Waals surface area contributed by atoms with E-state index < -0.39 is 5.97 Å². The van der Waals surface area contributed by atoms with Crippen LogP contribution < -0.4 is 5.32 Å². The zero-order chi connectivity index (χ0) is 15.4. The second-order valence-corrected chi connectivity index (χ2v) is 5.06. The predicted octanol–water partition coefficient (Wildman–Crippen LogP) is 2.60. The van der Waals surface area contributed by atoms with Crippen molar-refractivity contribution < 1.29 is 19.8 Å². The molecule has 1 aromatic carbocycles. The van der Waals surface area contributed by atoms with Gasteiger partial charge in [-0.15, -0.1) is 0 Å². The van der Waals surface area contributed by atoms with Crippen LogP contribution in [0.15, 0.2) is 18.2 Å². The predicted molar refractivity (Wildman–Crippen MR) is 76.1 cm³/mol. The molecule has 6 nitrogen and oxygen atoms in total. The molecule has 0 fully saturated rings. The van der Waals surface area contributed by atoms with Gasteiger partial charge in [0.2, 0.25) is 0 Å². The van der Waals surface area contributed by atoms with Gasteiger partial charge in [-0.3, -0.25) is 0 Å². The van der Waals surface area contributed by atoms with Crippen molar-refractivity contribution in [2.75, 3.05) is 12.4 Å². The Labute approximate surface area is 118 Å². The number of rotatable bonds is 4. The van der Waals surface area contributed by atoms with E-state index in [0.717, 1.165) is 0 Å². The largest absolute Gasteiger partial charge is 0.507 e. The third kappa shape index (κ3) is 3.63. The summed E-state index contributed by atoms with van der Waals surface area (Å²) in [5.74, 6) is -1.28. The van der Waals surface area contributed by atoms with Crippen LogP contribution in [0.25, 0.3) is 0 Å². The van der Waals surface area contributed by atoms with Gasteiger partial charge in [-0.25, -0.2) is 9.59 Å². The van der Waals surface area contributed by atoms with E-state index >= 15 is 0 Å². The number of anilines is 1. The van der Waals surface area contributed by atoms with E-state index in [1.807, 2.05) is 20.8 Å². The highest BCUT2D eigenvalue weighted by molar-refractivity contribution is 5.95. The Bertz CT molecular complexity index is 514. The van der Waals surface area contributed by atoms with Crippen LogP contribution in [0, 0.1) is 5.92 Å². The van der Waals surface area contributed by atoms with Crippen molar-refractivity contribution in [1.29, 1.82) is 0 Å². The number of hydrogen-bond acceptors (Lipinski definition) is 3. The van der Waals surface area contributed by atoms with Gasteiger partial charge >= 0.3 is 12.0 Å². The van der Waals surface area contributed by atoms with Crippen LogP contribution in [0.3, 0.4) is 0 Å². The SMILES string of the molecule is CC(C)C(C)N(C)C(=O)Nc1ccc(O)c(C(=O)O)c1. The molecule has 1 unspecified atom stereocenters. The molecule has 0 spiro atoms. The number of hydrogen-bond donors (Lipinski definition) is 3. The molecule has 0 radical (unpaired) electrons. The van der Waals surface area contributed by atoms with Gasteiger partial charge < -0.3 is 20.4 Å². The van der Waals surface area contributed by atoms with E-state index in [9.17, 15) is 14.7 Å². The molecule has 0 saturated carbocycles. The lowest BCUT2D eigenvalue weighted by Gasteiger charge is -2.28. The van der Waals surface area contributed by atoms with E-state index in [4.69, 9.17) is 5.11 Å². The smallest absolute Gasteiger partial charge is 0.339 e. The number of nitrogens with zero attached hydrogens (tertiary/aromatic N) is 1. The van der Waals surface area contributed by atoms with Gasteiger partial charge in [0.15, 0.2) is 0 Å². The molecule has 0 aliphatic heterocycles. The number of phenols is 1. The Morgan fingerprint density at radius 1 is 1.25 bits per heavy atom. The maximum Gasteiger partial charge on any atom is 0.339 e. The molecular formula is C14H20N2O4. The number of carbonyl (C=O) groups is 2. The molecule has 2 amide bonds. The zero-order valence-electron chi connectivity index (χ0n) is 12.0. The lowest BCUT2D eigenvalue weighted by atomic mass is 10.1. The van der Waals surface area contributed by atoms with Crippen molar-refractivity contribution in [3.8, 4) is 5.75 Å². The number of aromatic carboxylic acids is 1. The lowest BCUT2D eigenvalue weighted by Crippen LogP contribution is -2.40. The molecule has 20 heavy (non-hydrogen) atoms. The fraction of sp³-hybridized carbons (Fsp3) is 0.429. The molecular weight excluding hydrogens is 260 g/mol. The molecule has 1 atom stereocenters. The Kier molecular flexibility index (Phi) is 4.96. The van der Waals surface area contributed by atoms with Crippen molar-refractivity contribution in [3.63, 3.8) is 0 Å². The van der Waals surface area contributed by atoms with Crippen LogP contribution in [-0.4, -0.2) is 40.2 Å². The number of benzene rings is 1. The summed E-state index contributed by atoms with van der Waals surface area (Å²) in [6.45, 7) is 5.96. The van der Waals surface area contributed by atoms with Crippen molar-refractivity contribution in [3.05, 3.63) is 23.8 Å². The highest BCUT2D eigenvalue weighted by Crippen LogP contribution is 2.22. The number of urea groups is 1. The number of amides is 2. The number of nitrogens with one attached hydrogen (secondary N) is 1. The number of carbonyl (C=O) groups excluding carboxylic acids is 1. The van der Waals surface area contributed by atoms with E-state index in [0.29, 0.717) is 11.6 Å². The summed E-state index contributed by atoms with van der Waals surface area (Å²) < 4.78 is 0. The van der Waals surface area contributed by atoms with Crippen molar-refractivity contribution in [1.82, 2.24) is 4.90 Å². The monoisotopic (exact) mass is 280 g/mol. The number of carboxylic acids is 1. The summed E-state index contributed by atoms with van der Waals surface area (Å²) in [5.41, 5.74) is 0.0790. The number of carboxylic acid groups (broad SMARTS) is 1. The average molecular weight is 280 g/mol. The fourth-order valence-electron chi connectivity index (χ4n) is 1.63. The summed E-state index contributed by atoms with van der Waals surface area (Å²) in [4.78, 5) is 24.5. The summed E-state index contributed by atoms with van der Waals surface area (Å²) in [7, 11) is 1.68. The third-order valence-corrected chi connectivity index (χ3v) is 3.37. The summed E-state index contributed by atoms with van der Waals surface area (Å²) >= 11 is 0. The lowest BCUT2D eigenvalue weighted by molar-refractivity contribution is 0.0693. The van der Waals surface area contributed by atoms with Gasteiger partial charge in [0.25, 0.3) is 0 Å². The van der Waals surface area contributed by atoms with Crippen LogP contribution in [0.4, 0.5) is 10.5 Å². The first-order chi connectivity index (χ1) is 9.23. The average Bonchev–Trinajstić information content (AvgIpc) is 2.38. The minimum absolute atomic E-state index is 0.0473. The second-order valence-electron chi connectivity index (χ2n) is 5.06. The molecule has 6 heteroatoms. The first kappa shape index (κ1) is 15.8.